The standard InChI is InChI=1S/C47H34O4/c1-3-7-40-29(5-1)14-20-43-45(40)42-19-13-30-6-2-4-8-41(30)46(42)47(43,35-15-9-33-25-37(17-11-31(33)23-35)49-27-39-28-50-39)36-16-10-34-26-38(18-12-32(34)24-36)51-44-21-22-48-44/h1-20,23-26,39,44H,21-22,27-28H2. The van der Waals surface area contributed by atoms with Gasteiger partial charge in [-0.25, -0.2) is 0 Å². The molecule has 3 atom stereocenters. The number of ether oxygens (including phenoxy) is 4. The van der Waals surface area contributed by atoms with Crippen LogP contribution < -0.4 is 9.47 Å². The third kappa shape index (κ3) is 4.53. The molecular formula is C47H34O4. The van der Waals surface area contributed by atoms with Gasteiger partial charge in [-0.05, 0) is 113 Å². The first-order valence-corrected chi connectivity index (χ1v) is 17.9. The average molecular weight is 663 g/mol. The first kappa shape index (κ1) is 29.1. The summed E-state index contributed by atoms with van der Waals surface area (Å²) in [5, 5.41) is 9.67. The molecule has 2 fully saturated rings. The van der Waals surface area contributed by atoms with E-state index < -0.39 is 5.41 Å². The molecule has 0 bridgehead atoms. The molecule has 51 heavy (non-hydrogen) atoms. The minimum absolute atomic E-state index is 0.151. The van der Waals surface area contributed by atoms with Crippen LogP contribution in [0.5, 0.6) is 11.5 Å². The molecule has 2 aliphatic heterocycles. The first-order valence-electron chi connectivity index (χ1n) is 17.9. The van der Waals surface area contributed by atoms with Gasteiger partial charge in [-0.3, -0.25) is 0 Å². The smallest absolute Gasteiger partial charge is 0.202 e. The number of hydrogen-bond acceptors (Lipinski definition) is 4. The van der Waals surface area contributed by atoms with E-state index in [4.69, 9.17) is 18.9 Å². The van der Waals surface area contributed by atoms with Crippen molar-refractivity contribution in [3.63, 3.8) is 0 Å². The lowest BCUT2D eigenvalue weighted by atomic mass is 9.66. The SMILES string of the molecule is c1ccc2c3c(ccc2c1)C(c1ccc2cc(OCC4CO4)ccc2c1)(c1ccc2cc(OC4CCO4)ccc2c1)c1c-3ccc2ccccc12. The van der Waals surface area contributed by atoms with Crippen LogP contribution in [-0.2, 0) is 14.9 Å². The Morgan fingerprint density at radius 2 is 1.16 bits per heavy atom. The van der Waals surface area contributed by atoms with Gasteiger partial charge in [-0.2, -0.15) is 0 Å². The van der Waals surface area contributed by atoms with Crippen molar-refractivity contribution in [2.24, 2.45) is 0 Å². The minimum Gasteiger partial charge on any atom is -0.491 e. The van der Waals surface area contributed by atoms with Crippen LogP contribution in [0.1, 0.15) is 28.7 Å². The largest absolute Gasteiger partial charge is 0.491 e. The Bertz CT molecular complexity index is 2690. The van der Waals surface area contributed by atoms with Crippen molar-refractivity contribution in [1.29, 1.82) is 0 Å². The van der Waals surface area contributed by atoms with Crippen molar-refractivity contribution < 1.29 is 18.9 Å². The highest BCUT2D eigenvalue weighted by molar-refractivity contribution is 6.09. The second-order valence-electron chi connectivity index (χ2n) is 14.1. The van der Waals surface area contributed by atoms with E-state index in [2.05, 4.69) is 146 Å². The summed E-state index contributed by atoms with van der Waals surface area (Å²) < 4.78 is 23.1. The van der Waals surface area contributed by atoms with Gasteiger partial charge >= 0.3 is 0 Å². The molecule has 8 aromatic rings. The van der Waals surface area contributed by atoms with Gasteiger partial charge in [0.2, 0.25) is 6.29 Å². The maximum absolute atomic E-state index is 6.10. The predicted molar refractivity (Wildman–Crippen MR) is 204 cm³/mol. The normalized spacial score (nSPS) is 20.3. The molecule has 11 rings (SSSR count). The molecule has 0 N–H and O–H groups in total. The van der Waals surface area contributed by atoms with Gasteiger partial charge in [0.15, 0.2) is 0 Å². The highest BCUT2D eigenvalue weighted by Crippen LogP contribution is 2.60. The van der Waals surface area contributed by atoms with Crippen molar-refractivity contribution in [3.8, 4) is 22.6 Å². The molecule has 4 nitrogen and oxygen atoms in total. The van der Waals surface area contributed by atoms with Crippen LogP contribution in [0.2, 0.25) is 0 Å². The van der Waals surface area contributed by atoms with E-state index in [0.29, 0.717) is 6.61 Å². The van der Waals surface area contributed by atoms with Gasteiger partial charge in [-0.15, -0.1) is 0 Å². The van der Waals surface area contributed by atoms with E-state index in [1.807, 2.05) is 0 Å². The monoisotopic (exact) mass is 662 g/mol. The van der Waals surface area contributed by atoms with Crippen LogP contribution in [0.4, 0.5) is 0 Å². The number of epoxide rings is 1. The van der Waals surface area contributed by atoms with Crippen LogP contribution >= 0.6 is 0 Å². The van der Waals surface area contributed by atoms with Crippen LogP contribution in [0.3, 0.4) is 0 Å². The molecule has 2 saturated heterocycles. The number of hydrogen-bond donors (Lipinski definition) is 0. The predicted octanol–water partition coefficient (Wildman–Crippen LogP) is 10.6. The number of rotatable bonds is 7. The minimum atomic E-state index is -0.592. The van der Waals surface area contributed by atoms with E-state index in [-0.39, 0.29) is 12.4 Å². The fourth-order valence-electron chi connectivity index (χ4n) is 8.55. The lowest BCUT2D eigenvalue weighted by molar-refractivity contribution is -0.165. The summed E-state index contributed by atoms with van der Waals surface area (Å²) in [6.07, 6.45) is 0.993. The van der Waals surface area contributed by atoms with Gasteiger partial charge in [0, 0.05) is 6.42 Å². The fourth-order valence-corrected chi connectivity index (χ4v) is 8.55. The molecule has 0 aromatic heterocycles. The molecule has 2 heterocycles. The van der Waals surface area contributed by atoms with Gasteiger partial charge in [0.25, 0.3) is 0 Å². The lowest BCUT2D eigenvalue weighted by Crippen LogP contribution is -2.32. The average Bonchev–Trinajstić information content (AvgIpc) is 3.95. The summed E-state index contributed by atoms with van der Waals surface area (Å²) in [4.78, 5) is 0. The third-order valence-corrected chi connectivity index (χ3v) is 11.2. The molecule has 0 amide bonds. The Balaban J connectivity index is 1.19. The molecule has 0 saturated carbocycles. The van der Waals surface area contributed by atoms with Gasteiger partial charge < -0.3 is 18.9 Å². The van der Waals surface area contributed by atoms with E-state index in [1.165, 1.54) is 65.7 Å². The first-order chi connectivity index (χ1) is 25.2. The van der Waals surface area contributed by atoms with Crippen LogP contribution in [0.25, 0.3) is 54.2 Å². The quantitative estimate of drug-likeness (QED) is 0.159. The molecule has 3 aliphatic rings. The maximum Gasteiger partial charge on any atom is 0.202 e. The second-order valence-corrected chi connectivity index (χ2v) is 14.1. The van der Waals surface area contributed by atoms with E-state index >= 15 is 0 Å². The number of fused-ring (bicyclic) bond motifs is 9. The van der Waals surface area contributed by atoms with Crippen LogP contribution in [0.15, 0.2) is 146 Å². The van der Waals surface area contributed by atoms with Gasteiger partial charge in [0.05, 0.1) is 18.6 Å². The van der Waals surface area contributed by atoms with Crippen LogP contribution in [-0.4, -0.2) is 32.2 Å². The number of benzene rings is 8. The zero-order valence-corrected chi connectivity index (χ0v) is 28.0. The Labute approximate surface area is 295 Å². The van der Waals surface area contributed by atoms with Crippen molar-refractivity contribution in [1.82, 2.24) is 0 Å². The Morgan fingerprint density at radius 3 is 1.86 bits per heavy atom. The van der Waals surface area contributed by atoms with Crippen molar-refractivity contribution in [2.75, 3.05) is 19.8 Å². The van der Waals surface area contributed by atoms with E-state index in [1.54, 1.807) is 0 Å². The topological polar surface area (TPSA) is 40.2 Å². The fraction of sp³-hybridized carbons (Fsp3) is 0.149. The third-order valence-electron chi connectivity index (χ3n) is 11.2. The summed E-state index contributed by atoms with van der Waals surface area (Å²) in [5.41, 5.74) is 7.12. The molecule has 4 heteroatoms. The Hall–Kier alpha value is -5.68. The summed E-state index contributed by atoms with van der Waals surface area (Å²) in [7, 11) is 0. The molecule has 246 valence electrons. The molecule has 0 radical (unpaired) electrons. The Kier molecular flexibility index (Phi) is 6.37. The summed E-state index contributed by atoms with van der Waals surface area (Å²) >= 11 is 0. The van der Waals surface area contributed by atoms with Crippen molar-refractivity contribution >= 4 is 43.1 Å². The molecule has 1 aliphatic carbocycles. The molecular weight excluding hydrogens is 629 g/mol. The maximum atomic E-state index is 6.10. The van der Waals surface area contributed by atoms with E-state index in [9.17, 15) is 0 Å². The van der Waals surface area contributed by atoms with Crippen molar-refractivity contribution in [2.45, 2.75) is 24.2 Å². The van der Waals surface area contributed by atoms with Gasteiger partial charge in [0.1, 0.15) is 24.2 Å². The highest BCUT2D eigenvalue weighted by atomic mass is 16.7. The molecule has 0 spiro atoms. The Morgan fingerprint density at radius 1 is 0.569 bits per heavy atom. The van der Waals surface area contributed by atoms with Crippen molar-refractivity contribution in [3.05, 3.63) is 168 Å². The summed E-state index contributed by atoms with van der Waals surface area (Å²) in [5.74, 6) is 1.71. The van der Waals surface area contributed by atoms with Crippen LogP contribution in [0, 0.1) is 0 Å². The second kappa shape index (κ2) is 11.2. The molecule has 8 aromatic carbocycles. The molecule has 3 unspecified atom stereocenters. The van der Waals surface area contributed by atoms with E-state index in [0.717, 1.165) is 41.9 Å². The highest BCUT2D eigenvalue weighted by Gasteiger charge is 2.48. The lowest BCUT2D eigenvalue weighted by Gasteiger charge is -2.35. The summed E-state index contributed by atoms with van der Waals surface area (Å²) in [6.45, 7) is 2.13. The summed E-state index contributed by atoms with van der Waals surface area (Å²) in [6, 6.07) is 53.8. The zero-order chi connectivity index (χ0) is 33.5. The van der Waals surface area contributed by atoms with Gasteiger partial charge in [-0.1, -0.05) is 109 Å². The zero-order valence-electron chi connectivity index (χ0n) is 28.0.